The molecule has 1 aromatic rings. The Kier molecular flexibility index (Phi) is 6.11. The quantitative estimate of drug-likeness (QED) is 0.335. The van der Waals surface area contributed by atoms with E-state index in [2.05, 4.69) is 47.8 Å². The first kappa shape index (κ1) is 15.3. The highest BCUT2D eigenvalue weighted by atomic mass is 79.9. The van der Waals surface area contributed by atoms with E-state index in [0.717, 1.165) is 13.4 Å². The van der Waals surface area contributed by atoms with Crippen LogP contribution in [-0.2, 0) is 4.43 Å². The summed E-state index contributed by atoms with van der Waals surface area (Å²) in [4.78, 5) is 0. The van der Waals surface area contributed by atoms with Crippen LogP contribution in [0.2, 0.25) is 0 Å². The second kappa shape index (κ2) is 6.40. The molecule has 0 N–H and O–H groups in total. The molecule has 0 atom stereocenters. The van der Waals surface area contributed by atoms with Crippen molar-refractivity contribution >= 4 is 77.1 Å². The number of rotatable bonds is 4. The van der Waals surface area contributed by atoms with Gasteiger partial charge < -0.3 is 8.85 Å². The summed E-state index contributed by atoms with van der Waals surface area (Å²) in [6.07, 6.45) is 0. The van der Waals surface area contributed by atoms with Crippen LogP contribution in [-0.4, -0.2) is 13.8 Å². The number of halogens is 5. The van der Waals surface area contributed by atoms with Gasteiger partial charge in [0.1, 0.15) is 5.75 Å². The third-order valence-electron chi connectivity index (χ3n) is 1.54. The highest BCUT2D eigenvalue weighted by molar-refractivity contribution is 9.14. The number of hydrogen-bond donors (Lipinski definition) is 0. The molecular weight excluding hydrogens is 467 g/mol. The molecule has 0 unspecified atom stereocenters. The van der Waals surface area contributed by atoms with E-state index in [4.69, 9.17) is 31.0 Å². The summed E-state index contributed by atoms with van der Waals surface area (Å²) in [6, 6.07) is 3.58. The molecule has 0 aliphatic rings. The summed E-state index contributed by atoms with van der Waals surface area (Å²) in [5.41, 5.74) is 0. The van der Waals surface area contributed by atoms with Crippen LogP contribution in [0.5, 0.6) is 5.75 Å². The van der Waals surface area contributed by atoms with Gasteiger partial charge in [-0.2, -0.15) is 0 Å². The van der Waals surface area contributed by atoms with Crippen molar-refractivity contribution in [3.63, 3.8) is 0 Å². The average molecular weight is 474 g/mol. The Morgan fingerprint density at radius 2 is 1.81 bits per heavy atom. The Hall–Kier alpha value is 1.22. The maximum absolute atomic E-state index is 5.95. The van der Waals surface area contributed by atoms with E-state index < -0.39 is 7.18 Å². The lowest BCUT2D eigenvalue weighted by molar-refractivity contribution is 0.290. The van der Waals surface area contributed by atoms with Crippen LogP contribution >= 0.6 is 69.9 Å². The minimum Gasteiger partial charge on any atom is -0.498 e. The zero-order chi connectivity index (χ0) is 12.3. The molecule has 0 aliphatic heterocycles. The first-order chi connectivity index (χ1) is 7.37. The lowest BCUT2D eigenvalue weighted by Gasteiger charge is -2.18. The maximum Gasteiger partial charge on any atom is 0.615 e. The third kappa shape index (κ3) is 4.15. The second-order valence-corrected chi connectivity index (χ2v) is 10.1. The molecule has 0 heterocycles. The predicted octanol–water partition coefficient (Wildman–Crippen LogP) is 5.30. The van der Waals surface area contributed by atoms with E-state index in [1.54, 1.807) is 6.07 Å². The van der Waals surface area contributed by atoms with E-state index in [9.17, 15) is 0 Å². The second-order valence-electron chi connectivity index (χ2n) is 2.67. The van der Waals surface area contributed by atoms with Crippen LogP contribution in [0.15, 0.2) is 25.6 Å². The molecule has 0 bridgehead atoms. The fraction of sp³-hybridized carbons (Fsp3) is 0.250. The maximum atomic E-state index is 5.95. The standard InChI is InChI=1S/C8H7Br3Cl2O2Si/c1-2-14-16(12,13)15-6-4-3-5(9)7(10)8(6)11/h3-4H,2H2,1H3. The molecule has 1 rings (SSSR count). The summed E-state index contributed by atoms with van der Waals surface area (Å²) in [6.45, 7) is 2.22. The van der Waals surface area contributed by atoms with Crippen molar-refractivity contribution < 1.29 is 8.85 Å². The summed E-state index contributed by atoms with van der Waals surface area (Å²) in [7, 11) is -3.14. The van der Waals surface area contributed by atoms with Gasteiger partial charge in [0, 0.05) is 15.6 Å². The van der Waals surface area contributed by atoms with Crippen molar-refractivity contribution in [1.29, 1.82) is 0 Å². The molecule has 16 heavy (non-hydrogen) atoms. The van der Waals surface area contributed by atoms with Gasteiger partial charge >= 0.3 is 7.18 Å². The Labute approximate surface area is 130 Å². The van der Waals surface area contributed by atoms with Crippen molar-refractivity contribution in [3.05, 3.63) is 25.6 Å². The molecule has 0 aromatic heterocycles. The first-order valence-electron chi connectivity index (χ1n) is 4.21. The minimum absolute atomic E-state index is 0.411. The van der Waals surface area contributed by atoms with Crippen LogP contribution in [0.3, 0.4) is 0 Å². The fourth-order valence-electron chi connectivity index (χ4n) is 0.913. The molecule has 0 radical (unpaired) electrons. The third-order valence-corrected chi connectivity index (χ3v) is 7.08. The smallest absolute Gasteiger partial charge is 0.498 e. The van der Waals surface area contributed by atoms with Gasteiger partial charge in [0.2, 0.25) is 0 Å². The van der Waals surface area contributed by atoms with Crippen LogP contribution in [0.4, 0.5) is 0 Å². The topological polar surface area (TPSA) is 18.5 Å². The van der Waals surface area contributed by atoms with Crippen molar-refractivity contribution in [1.82, 2.24) is 0 Å². The van der Waals surface area contributed by atoms with Crippen LogP contribution < -0.4 is 4.43 Å². The van der Waals surface area contributed by atoms with Crippen LogP contribution in [0.25, 0.3) is 0 Å². The summed E-state index contributed by atoms with van der Waals surface area (Å²) in [5, 5.41) is 0. The van der Waals surface area contributed by atoms with E-state index >= 15 is 0 Å². The summed E-state index contributed by atoms with van der Waals surface area (Å²) >= 11 is 22.0. The molecular formula is C8H7Br3Cl2O2Si. The van der Waals surface area contributed by atoms with E-state index in [0.29, 0.717) is 12.4 Å². The lowest BCUT2D eigenvalue weighted by Crippen LogP contribution is -2.33. The highest BCUT2D eigenvalue weighted by Crippen LogP contribution is 2.39. The van der Waals surface area contributed by atoms with Gasteiger partial charge in [-0.3, -0.25) is 0 Å². The normalized spacial score (nSPS) is 11.6. The molecule has 90 valence electrons. The van der Waals surface area contributed by atoms with Gasteiger partial charge in [-0.15, -0.1) is 0 Å². The average Bonchev–Trinajstić information content (AvgIpc) is 2.19. The van der Waals surface area contributed by atoms with Gasteiger partial charge in [0.15, 0.2) is 0 Å². The molecule has 0 fully saturated rings. The Morgan fingerprint density at radius 3 is 2.38 bits per heavy atom. The van der Waals surface area contributed by atoms with Crippen molar-refractivity contribution in [3.8, 4) is 5.75 Å². The van der Waals surface area contributed by atoms with Crippen molar-refractivity contribution in [2.45, 2.75) is 6.92 Å². The van der Waals surface area contributed by atoms with Gasteiger partial charge in [0.05, 0.1) is 4.47 Å². The zero-order valence-corrected chi connectivity index (χ0v) is 15.3. The summed E-state index contributed by atoms with van der Waals surface area (Å²) < 4.78 is 13.1. The van der Waals surface area contributed by atoms with E-state index in [-0.39, 0.29) is 0 Å². The number of hydrogen-bond acceptors (Lipinski definition) is 2. The predicted molar refractivity (Wildman–Crippen MR) is 79.3 cm³/mol. The number of benzene rings is 1. The van der Waals surface area contributed by atoms with Crippen LogP contribution in [0.1, 0.15) is 6.92 Å². The Morgan fingerprint density at radius 1 is 1.19 bits per heavy atom. The first-order valence-corrected chi connectivity index (χ1v) is 10.4. The van der Waals surface area contributed by atoms with Crippen LogP contribution in [0, 0.1) is 0 Å². The van der Waals surface area contributed by atoms with Gasteiger partial charge in [0.25, 0.3) is 0 Å². The SMILES string of the molecule is CCO[Si](Cl)(Cl)Oc1ccc(Br)c(Br)c1Br. The van der Waals surface area contributed by atoms with Gasteiger partial charge in [-0.1, -0.05) is 22.2 Å². The zero-order valence-electron chi connectivity index (χ0n) is 8.07. The molecule has 0 amide bonds. The fourth-order valence-corrected chi connectivity index (χ4v) is 4.39. The minimum atomic E-state index is -3.14. The molecule has 0 saturated carbocycles. The van der Waals surface area contributed by atoms with E-state index in [1.165, 1.54) is 0 Å². The highest BCUT2D eigenvalue weighted by Gasteiger charge is 2.37. The van der Waals surface area contributed by atoms with E-state index in [1.807, 2.05) is 13.0 Å². The van der Waals surface area contributed by atoms with Gasteiger partial charge in [-0.25, -0.2) is 0 Å². The summed E-state index contributed by atoms with van der Waals surface area (Å²) in [5.74, 6) is 0.542. The Bertz CT molecular complexity index is 390. The molecule has 0 spiro atoms. The monoisotopic (exact) mass is 470 g/mol. The Balaban J connectivity index is 2.94. The molecule has 1 aromatic carbocycles. The molecule has 2 nitrogen and oxygen atoms in total. The molecule has 0 aliphatic carbocycles. The van der Waals surface area contributed by atoms with Crippen molar-refractivity contribution in [2.24, 2.45) is 0 Å². The lowest BCUT2D eigenvalue weighted by atomic mass is 10.3. The van der Waals surface area contributed by atoms with Crippen molar-refractivity contribution in [2.75, 3.05) is 6.61 Å². The van der Waals surface area contributed by atoms with Gasteiger partial charge in [-0.05, 0) is 66.8 Å². The molecule has 0 saturated heterocycles. The molecule has 8 heteroatoms. The largest absolute Gasteiger partial charge is 0.615 e.